The predicted octanol–water partition coefficient (Wildman–Crippen LogP) is 6.55. The summed E-state index contributed by atoms with van der Waals surface area (Å²) in [6.45, 7) is 6.62. The number of rotatable bonds is 8. The lowest BCUT2D eigenvalue weighted by Gasteiger charge is -2.30. The molecule has 1 heterocycles. The van der Waals surface area contributed by atoms with Crippen molar-refractivity contribution in [3.63, 3.8) is 0 Å². The lowest BCUT2D eigenvalue weighted by atomic mass is 10.1. The summed E-state index contributed by atoms with van der Waals surface area (Å²) in [7, 11) is 0.0562. The van der Waals surface area contributed by atoms with Crippen molar-refractivity contribution in [1.29, 1.82) is 0 Å². The molecule has 0 fully saturated rings. The van der Waals surface area contributed by atoms with Gasteiger partial charge in [-0.15, -0.1) is 11.8 Å². The van der Waals surface area contributed by atoms with Crippen LogP contribution >= 0.6 is 11.8 Å². The van der Waals surface area contributed by atoms with Gasteiger partial charge in [0, 0.05) is 37.8 Å². The standard InChI is InChI=1S/C27H34F2N2O4S2/c1-26(2,3)35-25(32)13-15-34-22-17-24-21(16-23(22)36-6)31(19-10-8-7-9-11-19)18-20(30(5)37(24)33)12-14-27(4,28)29/h7-11,13,15-17,20H,12,14,18H2,1-6H3/b15-13+. The van der Waals surface area contributed by atoms with Crippen molar-refractivity contribution in [2.75, 3.05) is 24.7 Å². The molecule has 1 aliphatic rings. The van der Waals surface area contributed by atoms with Gasteiger partial charge < -0.3 is 14.4 Å². The van der Waals surface area contributed by atoms with E-state index in [-0.39, 0.29) is 18.9 Å². The summed E-state index contributed by atoms with van der Waals surface area (Å²) in [5.74, 6) is -2.92. The van der Waals surface area contributed by atoms with Crippen molar-refractivity contribution in [2.45, 2.75) is 67.9 Å². The Morgan fingerprint density at radius 2 is 1.86 bits per heavy atom. The second-order valence-corrected chi connectivity index (χ2v) is 12.3. The summed E-state index contributed by atoms with van der Waals surface area (Å²) in [4.78, 5) is 15.3. The number of fused-ring (bicyclic) bond motifs is 1. The first-order valence-corrected chi connectivity index (χ1v) is 14.3. The molecule has 0 spiro atoms. The zero-order chi connectivity index (χ0) is 27.4. The molecule has 3 rings (SSSR count). The Bertz CT molecular complexity index is 1150. The van der Waals surface area contributed by atoms with Gasteiger partial charge in [0.1, 0.15) is 22.3 Å². The highest BCUT2D eigenvalue weighted by Crippen LogP contribution is 2.42. The molecule has 0 aromatic heterocycles. The number of para-hydroxylation sites is 1. The van der Waals surface area contributed by atoms with Crippen molar-refractivity contribution in [3.8, 4) is 5.75 Å². The Hall–Kier alpha value is -2.43. The summed E-state index contributed by atoms with van der Waals surface area (Å²) in [6.07, 6.45) is 4.21. The monoisotopic (exact) mass is 552 g/mol. The molecule has 0 amide bonds. The summed E-state index contributed by atoms with van der Waals surface area (Å²) in [5.41, 5.74) is 0.959. The number of hydrogen-bond donors (Lipinski definition) is 0. The lowest BCUT2D eigenvalue weighted by Crippen LogP contribution is -2.39. The highest BCUT2D eigenvalue weighted by atomic mass is 32.2. The maximum Gasteiger partial charge on any atom is 0.334 e. The number of likely N-dealkylation sites (N-methyl/N-ethyl adjacent to an activating group) is 1. The fourth-order valence-corrected chi connectivity index (χ4v) is 5.74. The van der Waals surface area contributed by atoms with E-state index < -0.39 is 28.5 Å². The van der Waals surface area contributed by atoms with Crippen LogP contribution in [0.2, 0.25) is 0 Å². The van der Waals surface area contributed by atoms with Crippen LogP contribution in [0.4, 0.5) is 20.2 Å². The molecule has 1 aliphatic heterocycles. The number of nitrogens with zero attached hydrogens (tertiary/aromatic N) is 2. The van der Waals surface area contributed by atoms with Crippen molar-refractivity contribution in [2.24, 2.45) is 0 Å². The van der Waals surface area contributed by atoms with Crippen LogP contribution in [-0.2, 0) is 20.5 Å². The lowest BCUT2D eigenvalue weighted by molar-refractivity contribution is -0.148. The van der Waals surface area contributed by atoms with Crippen LogP contribution in [0, 0.1) is 0 Å². The molecule has 0 bridgehead atoms. The molecule has 37 heavy (non-hydrogen) atoms. The van der Waals surface area contributed by atoms with E-state index in [2.05, 4.69) is 0 Å². The van der Waals surface area contributed by atoms with Crippen LogP contribution < -0.4 is 9.64 Å². The highest BCUT2D eigenvalue weighted by molar-refractivity contribution is 7.98. The number of alkyl halides is 2. The van der Waals surface area contributed by atoms with E-state index in [0.717, 1.165) is 23.2 Å². The van der Waals surface area contributed by atoms with E-state index >= 15 is 0 Å². The van der Waals surface area contributed by atoms with Crippen LogP contribution in [0.1, 0.15) is 40.5 Å². The average Bonchev–Trinajstić information content (AvgIpc) is 2.91. The van der Waals surface area contributed by atoms with E-state index in [4.69, 9.17) is 9.47 Å². The molecule has 0 saturated carbocycles. The first-order chi connectivity index (χ1) is 17.3. The topological polar surface area (TPSA) is 59.1 Å². The summed E-state index contributed by atoms with van der Waals surface area (Å²) in [6, 6.07) is 12.8. The van der Waals surface area contributed by atoms with Gasteiger partial charge in [0.25, 0.3) is 0 Å². The fourth-order valence-electron chi connectivity index (χ4n) is 3.89. The van der Waals surface area contributed by atoms with Crippen molar-refractivity contribution < 1.29 is 27.3 Å². The van der Waals surface area contributed by atoms with Gasteiger partial charge in [-0.25, -0.2) is 22.1 Å². The van der Waals surface area contributed by atoms with Gasteiger partial charge in [0.05, 0.1) is 27.8 Å². The molecular weight excluding hydrogens is 518 g/mol. The van der Waals surface area contributed by atoms with Crippen molar-refractivity contribution >= 4 is 40.1 Å². The Morgan fingerprint density at radius 1 is 1.19 bits per heavy atom. The number of anilines is 2. The molecule has 10 heteroatoms. The van der Waals surface area contributed by atoms with Gasteiger partial charge in [-0.3, -0.25) is 0 Å². The third-order valence-electron chi connectivity index (χ3n) is 5.68. The first kappa shape index (κ1) is 29.1. The number of halogens is 2. The SMILES string of the molecule is CSc1cc2c(cc1O/C=C/C(=O)OC(C)(C)C)S(=O)N(C)C(CCC(C)(F)F)CN2c1ccccc1. The molecule has 0 radical (unpaired) electrons. The molecule has 0 saturated heterocycles. The summed E-state index contributed by atoms with van der Waals surface area (Å²) >= 11 is 1.44. The molecule has 2 atom stereocenters. The van der Waals surface area contributed by atoms with Gasteiger partial charge >= 0.3 is 5.97 Å². The van der Waals surface area contributed by atoms with Gasteiger partial charge in [0.2, 0.25) is 5.92 Å². The Kier molecular flexibility index (Phi) is 9.42. The number of hydrogen-bond acceptors (Lipinski definition) is 6. The van der Waals surface area contributed by atoms with Crippen LogP contribution in [0.3, 0.4) is 0 Å². The maximum absolute atomic E-state index is 13.7. The molecule has 202 valence electrons. The Labute approximate surface area is 224 Å². The second kappa shape index (κ2) is 12.0. The molecule has 0 aliphatic carbocycles. The van der Waals surface area contributed by atoms with Crippen LogP contribution in [-0.4, -0.2) is 51.9 Å². The van der Waals surface area contributed by atoms with E-state index in [1.807, 2.05) is 47.6 Å². The molecular formula is C27H34F2N2O4S2. The van der Waals surface area contributed by atoms with Crippen LogP contribution in [0.15, 0.2) is 64.6 Å². The van der Waals surface area contributed by atoms with E-state index in [1.54, 1.807) is 38.2 Å². The molecule has 6 nitrogen and oxygen atoms in total. The number of benzene rings is 2. The number of thioether (sulfide) groups is 1. The molecule has 2 aromatic rings. The third kappa shape index (κ3) is 8.02. The third-order valence-corrected chi connectivity index (χ3v) is 7.97. The second-order valence-electron chi connectivity index (χ2n) is 9.93. The zero-order valence-electron chi connectivity index (χ0n) is 22.0. The highest BCUT2D eigenvalue weighted by Gasteiger charge is 2.34. The van der Waals surface area contributed by atoms with Crippen LogP contribution in [0.5, 0.6) is 5.75 Å². The number of carbonyl (C=O) groups excluding carboxylic acids is 1. The van der Waals surface area contributed by atoms with E-state index in [9.17, 15) is 17.8 Å². The molecule has 2 unspecified atom stereocenters. The Morgan fingerprint density at radius 3 is 2.46 bits per heavy atom. The zero-order valence-corrected chi connectivity index (χ0v) is 23.6. The predicted molar refractivity (Wildman–Crippen MR) is 145 cm³/mol. The maximum atomic E-state index is 13.7. The summed E-state index contributed by atoms with van der Waals surface area (Å²) < 4.78 is 53.9. The van der Waals surface area contributed by atoms with Crippen molar-refractivity contribution in [1.82, 2.24) is 4.31 Å². The average molecular weight is 553 g/mol. The number of ether oxygens (including phenoxy) is 2. The quantitative estimate of drug-likeness (QED) is 0.160. The largest absolute Gasteiger partial charge is 0.464 e. The minimum Gasteiger partial charge on any atom is -0.464 e. The smallest absolute Gasteiger partial charge is 0.334 e. The summed E-state index contributed by atoms with van der Waals surface area (Å²) in [5, 5.41) is 0. The first-order valence-electron chi connectivity index (χ1n) is 11.9. The van der Waals surface area contributed by atoms with Gasteiger partial charge in [-0.05, 0) is 58.6 Å². The Balaban J connectivity index is 2.01. The molecule has 0 N–H and O–H groups in total. The number of esters is 1. The minimum atomic E-state index is -2.81. The normalized spacial score (nSPS) is 19.0. The van der Waals surface area contributed by atoms with Crippen molar-refractivity contribution in [3.05, 3.63) is 54.8 Å². The molecule has 2 aromatic carbocycles. The van der Waals surface area contributed by atoms with Gasteiger partial charge in [-0.2, -0.15) is 0 Å². The minimum absolute atomic E-state index is 0.181. The van der Waals surface area contributed by atoms with Crippen LogP contribution in [0.25, 0.3) is 0 Å². The van der Waals surface area contributed by atoms with E-state index in [1.165, 1.54) is 24.1 Å². The number of carbonyl (C=O) groups is 1. The van der Waals surface area contributed by atoms with Gasteiger partial charge in [0.15, 0.2) is 0 Å². The van der Waals surface area contributed by atoms with E-state index in [0.29, 0.717) is 17.2 Å². The fraction of sp³-hybridized carbons (Fsp3) is 0.444. The van der Waals surface area contributed by atoms with Gasteiger partial charge in [-0.1, -0.05) is 18.2 Å².